The molecule has 0 spiro atoms. The lowest BCUT2D eigenvalue weighted by Crippen LogP contribution is -2.29. The van der Waals surface area contributed by atoms with Crippen LogP contribution in [0.25, 0.3) is 0 Å². The fourth-order valence-corrected chi connectivity index (χ4v) is 2.84. The SMILES string of the molecule is CCC=COCCCC(C)(CCCCCCCCC)OCCC. The van der Waals surface area contributed by atoms with Crippen LogP contribution in [-0.2, 0) is 9.47 Å². The van der Waals surface area contributed by atoms with Crippen LogP contribution in [0.15, 0.2) is 12.3 Å². The van der Waals surface area contributed by atoms with E-state index in [0.29, 0.717) is 0 Å². The van der Waals surface area contributed by atoms with Crippen LogP contribution >= 0.6 is 0 Å². The second kappa shape index (κ2) is 16.4. The first-order chi connectivity index (χ1) is 11.2. The maximum absolute atomic E-state index is 6.18. The van der Waals surface area contributed by atoms with Crippen LogP contribution in [0.4, 0.5) is 0 Å². The van der Waals surface area contributed by atoms with Crippen molar-refractivity contribution in [2.45, 2.75) is 110 Å². The first-order valence-corrected chi connectivity index (χ1v) is 10.1. The molecule has 0 aliphatic carbocycles. The molecule has 2 heteroatoms. The van der Waals surface area contributed by atoms with Crippen molar-refractivity contribution in [3.8, 4) is 0 Å². The second-order valence-corrected chi connectivity index (χ2v) is 6.92. The van der Waals surface area contributed by atoms with Gasteiger partial charge in [0.1, 0.15) is 0 Å². The van der Waals surface area contributed by atoms with Gasteiger partial charge in [-0.15, -0.1) is 0 Å². The van der Waals surface area contributed by atoms with Crippen LogP contribution < -0.4 is 0 Å². The van der Waals surface area contributed by atoms with Crippen molar-refractivity contribution in [2.75, 3.05) is 13.2 Å². The van der Waals surface area contributed by atoms with Gasteiger partial charge in [0.15, 0.2) is 0 Å². The van der Waals surface area contributed by atoms with E-state index in [1.165, 1.54) is 51.4 Å². The molecule has 0 amide bonds. The van der Waals surface area contributed by atoms with Crippen molar-refractivity contribution >= 4 is 0 Å². The second-order valence-electron chi connectivity index (χ2n) is 6.92. The molecule has 2 nitrogen and oxygen atoms in total. The zero-order valence-corrected chi connectivity index (χ0v) is 16.4. The molecule has 138 valence electrons. The van der Waals surface area contributed by atoms with Crippen LogP contribution in [0.2, 0.25) is 0 Å². The van der Waals surface area contributed by atoms with Gasteiger partial charge >= 0.3 is 0 Å². The van der Waals surface area contributed by atoms with E-state index in [0.717, 1.165) is 38.9 Å². The molecule has 23 heavy (non-hydrogen) atoms. The Labute approximate surface area is 146 Å². The number of allylic oxidation sites excluding steroid dienone is 1. The van der Waals surface area contributed by atoms with Gasteiger partial charge in [-0.3, -0.25) is 0 Å². The van der Waals surface area contributed by atoms with Crippen molar-refractivity contribution in [1.82, 2.24) is 0 Å². The van der Waals surface area contributed by atoms with Crippen molar-refractivity contribution in [3.63, 3.8) is 0 Å². The Bertz CT molecular complexity index is 263. The van der Waals surface area contributed by atoms with Crippen molar-refractivity contribution < 1.29 is 9.47 Å². The van der Waals surface area contributed by atoms with E-state index >= 15 is 0 Å². The minimum absolute atomic E-state index is 0.0389. The Balaban J connectivity index is 3.89. The van der Waals surface area contributed by atoms with Gasteiger partial charge in [-0.05, 0) is 39.0 Å². The monoisotopic (exact) mass is 326 g/mol. The number of hydrogen-bond acceptors (Lipinski definition) is 2. The van der Waals surface area contributed by atoms with Crippen molar-refractivity contribution in [2.24, 2.45) is 0 Å². The first kappa shape index (κ1) is 22.5. The van der Waals surface area contributed by atoms with E-state index in [-0.39, 0.29) is 5.60 Å². The third kappa shape index (κ3) is 14.8. The highest BCUT2D eigenvalue weighted by Gasteiger charge is 2.23. The molecule has 0 aromatic carbocycles. The van der Waals surface area contributed by atoms with Gasteiger partial charge in [0.05, 0.1) is 18.5 Å². The molecule has 0 saturated heterocycles. The maximum atomic E-state index is 6.18. The topological polar surface area (TPSA) is 18.5 Å². The lowest BCUT2D eigenvalue weighted by Gasteiger charge is -2.30. The van der Waals surface area contributed by atoms with Gasteiger partial charge in [0, 0.05) is 6.61 Å². The summed E-state index contributed by atoms with van der Waals surface area (Å²) in [7, 11) is 0. The number of unbranched alkanes of at least 4 members (excludes halogenated alkanes) is 6. The molecule has 0 aromatic heterocycles. The van der Waals surface area contributed by atoms with Crippen LogP contribution in [0.1, 0.15) is 105 Å². The van der Waals surface area contributed by atoms with Crippen LogP contribution in [-0.4, -0.2) is 18.8 Å². The van der Waals surface area contributed by atoms with Crippen molar-refractivity contribution in [1.29, 1.82) is 0 Å². The Kier molecular flexibility index (Phi) is 16.0. The highest BCUT2D eigenvalue weighted by Crippen LogP contribution is 2.26. The number of hydrogen-bond donors (Lipinski definition) is 0. The molecular formula is C21H42O2. The quantitative estimate of drug-likeness (QED) is 0.211. The van der Waals surface area contributed by atoms with Crippen LogP contribution in [0.3, 0.4) is 0 Å². The summed E-state index contributed by atoms with van der Waals surface area (Å²) >= 11 is 0. The highest BCUT2D eigenvalue weighted by molar-refractivity contribution is 4.76. The normalized spacial score (nSPS) is 14.3. The Morgan fingerprint density at radius 3 is 2.04 bits per heavy atom. The Morgan fingerprint density at radius 2 is 1.39 bits per heavy atom. The third-order valence-corrected chi connectivity index (χ3v) is 4.36. The summed E-state index contributed by atoms with van der Waals surface area (Å²) in [6.45, 7) is 10.6. The minimum Gasteiger partial charge on any atom is -0.502 e. The minimum atomic E-state index is 0.0389. The maximum Gasteiger partial charge on any atom is 0.0874 e. The molecular weight excluding hydrogens is 284 g/mol. The molecule has 1 unspecified atom stereocenters. The smallest absolute Gasteiger partial charge is 0.0874 e. The molecule has 1 atom stereocenters. The van der Waals surface area contributed by atoms with E-state index in [9.17, 15) is 0 Å². The summed E-state index contributed by atoms with van der Waals surface area (Å²) < 4.78 is 11.7. The van der Waals surface area contributed by atoms with E-state index in [1.807, 2.05) is 6.26 Å². The average Bonchev–Trinajstić information content (AvgIpc) is 2.55. The molecule has 0 radical (unpaired) electrons. The summed E-state index contributed by atoms with van der Waals surface area (Å²) in [5.41, 5.74) is 0.0389. The summed E-state index contributed by atoms with van der Waals surface area (Å²) in [6.07, 6.45) is 19.0. The van der Waals surface area contributed by atoms with Gasteiger partial charge in [0.25, 0.3) is 0 Å². The summed E-state index contributed by atoms with van der Waals surface area (Å²) in [4.78, 5) is 0. The number of rotatable bonds is 17. The lowest BCUT2D eigenvalue weighted by atomic mass is 9.92. The molecule has 0 heterocycles. The molecule has 0 saturated carbocycles. The standard InChI is InChI=1S/C21H42O2/c1-5-8-10-11-12-13-14-16-21(4,23-18-7-3)17-15-20-22-19-9-6-2/h9,19H,5-8,10-18,20H2,1-4H3. The molecule has 0 N–H and O–H groups in total. The highest BCUT2D eigenvalue weighted by atomic mass is 16.5. The summed E-state index contributed by atoms with van der Waals surface area (Å²) in [5.74, 6) is 0. The van der Waals surface area contributed by atoms with E-state index < -0.39 is 0 Å². The van der Waals surface area contributed by atoms with Gasteiger partial charge in [-0.25, -0.2) is 0 Å². The van der Waals surface area contributed by atoms with Gasteiger partial charge in [-0.1, -0.05) is 71.8 Å². The van der Waals surface area contributed by atoms with E-state index in [4.69, 9.17) is 9.47 Å². The predicted molar refractivity (Wildman–Crippen MR) is 102 cm³/mol. The van der Waals surface area contributed by atoms with Gasteiger partial charge < -0.3 is 9.47 Å². The molecule has 0 bridgehead atoms. The molecule has 0 aliphatic rings. The van der Waals surface area contributed by atoms with Gasteiger partial charge in [-0.2, -0.15) is 0 Å². The summed E-state index contributed by atoms with van der Waals surface area (Å²) in [5, 5.41) is 0. The third-order valence-electron chi connectivity index (χ3n) is 4.36. The summed E-state index contributed by atoms with van der Waals surface area (Å²) in [6, 6.07) is 0. The van der Waals surface area contributed by atoms with E-state index in [1.54, 1.807) is 0 Å². The fraction of sp³-hybridized carbons (Fsp3) is 0.905. The molecule has 0 aliphatic heterocycles. The largest absolute Gasteiger partial charge is 0.502 e. The Hall–Kier alpha value is -0.500. The van der Waals surface area contributed by atoms with Crippen molar-refractivity contribution in [3.05, 3.63) is 12.3 Å². The molecule has 0 aromatic rings. The molecule has 0 rings (SSSR count). The lowest BCUT2D eigenvalue weighted by molar-refractivity contribution is -0.0484. The molecule has 0 fully saturated rings. The Morgan fingerprint density at radius 1 is 0.739 bits per heavy atom. The zero-order valence-electron chi connectivity index (χ0n) is 16.4. The average molecular weight is 327 g/mol. The fourth-order valence-electron chi connectivity index (χ4n) is 2.84. The first-order valence-electron chi connectivity index (χ1n) is 10.1. The van der Waals surface area contributed by atoms with E-state index in [2.05, 4.69) is 33.8 Å². The number of ether oxygens (including phenoxy) is 2. The van der Waals surface area contributed by atoms with Crippen LogP contribution in [0.5, 0.6) is 0 Å². The van der Waals surface area contributed by atoms with Gasteiger partial charge in [0.2, 0.25) is 0 Å². The zero-order chi connectivity index (χ0) is 17.2. The predicted octanol–water partition coefficient (Wildman–Crippen LogP) is 7.03. The van der Waals surface area contributed by atoms with Crippen LogP contribution in [0, 0.1) is 0 Å².